The van der Waals surface area contributed by atoms with Gasteiger partial charge in [-0.3, -0.25) is 4.68 Å². The Bertz CT molecular complexity index is 1090. The van der Waals surface area contributed by atoms with Crippen molar-refractivity contribution in [2.24, 2.45) is 11.8 Å². The number of aliphatic carboxylic acids is 1. The molecule has 1 aromatic heterocycles. The predicted molar refractivity (Wildman–Crippen MR) is 133 cm³/mol. The quantitative estimate of drug-likeness (QED) is 0.340. The molecule has 1 aliphatic carbocycles. The van der Waals surface area contributed by atoms with Crippen LogP contribution in [0.3, 0.4) is 0 Å². The van der Waals surface area contributed by atoms with E-state index in [1.165, 1.54) is 6.07 Å². The van der Waals surface area contributed by atoms with E-state index in [4.69, 9.17) is 14.9 Å². The molecule has 0 spiro atoms. The minimum absolute atomic E-state index is 0.230. The van der Waals surface area contributed by atoms with Crippen LogP contribution < -0.4 is 0 Å². The van der Waals surface area contributed by atoms with E-state index in [1.54, 1.807) is 17.8 Å². The van der Waals surface area contributed by atoms with Crippen molar-refractivity contribution in [1.29, 1.82) is 0 Å². The van der Waals surface area contributed by atoms with Crippen LogP contribution in [0.25, 0.3) is 22.4 Å². The van der Waals surface area contributed by atoms with Crippen molar-refractivity contribution in [2.75, 3.05) is 19.0 Å². The molecule has 4 rings (SSSR count). The number of carboxylic acids is 1. The fourth-order valence-corrected chi connectivity index (χ4v) is 5.59. The molecular weight excluding hydrogens is 451 g/mol. The van der Waals surface area contributed by atoms with Crippen molar-refractivity contribution in [3.63, 3.8) is 0 Å². The number of carboxylic acid groups (broad SMARTS) is 1. The SMILES string of the molecule is CCSc1c(-c2ccccc2F)c(-c2ccccc2)nn1C[C@H]1CC[C@@H](COCC(=O)O)CC1. The van der Waals surface area contributed by atoms with Gasteiger partial charge < -0.3 is 9.84 Å². The third-order valence-corrected chi connectivity index (χ3v) is 7.33. The number of halogens is 1. The lowest BCUT2D eigenvalue weighted by molar-refractivity contribution is -0.142. The summed E-state index contributed by atoms with van der Waals surface area (Å²) in [6, 6.07) is 16.9. The van der Waals surface area contributed by atoms with Crippen LogP contribution in [-0.4, -0.2) is 39.8 Å². The van der Waals surface area contributed by atoms with Gasteiger partial charge in [0.25, 0.3) is 0 Å². The summed E-state index contributed by atoms with van der Waals surface area (Å²) in [5.41, 5.74) is 3.25. The van der Waals surface area contributed by atoms with Crippen molar-refractivity contribution in [3.8, 4) is 22.4 Å². The van der Waals surface area contributed by atoms with Crippen molar-refractivity contribution in [1.82, 2.24) is 9.78 Å². The van der Waals surface area contributed by atoms with Crippen LogP contribution in [0.2, 0.25) is 0 Å². The molecule has 1 N–H and O–H groups in total. The smallest absolute Gasteiger partial charge is 0.329 e. The third-order valence-electron chi connectivity index (χ3n) is 6.35. The number of carbonyl (C=O) groups is 1. The van der Waals surface area contributed by atoms with E-state index in [9.17, 15) is 9.18 Å². The Morgan fingerprint density at radius 3 is 2.44 bits per heavy atom. The molecule has 2 aromatic carbocycles. The highest BCUT2D eigenvalue weighted by Gasteiger charge is 2.27. The Morgan fingerprint density at radius 2 is 1.76 bits per heavy atom. The Kier molecular flexibility index (Phi) is 8.40. The number of hydrogen-bond donors (Lipinski definition) is 1. The first-order valence-electron chi connectivity index (χ1n) is 11.9. The van der Waals surface area contributed by atoms with Crippen LogP contribution in [0.15, 0.2) is 59.6 Å². The first-order valence-corrected chi connectivity index (χ1v) is 12.9. The number of nitrogens with zero attached hydrogens (tertiary/aromatic N) is 2. The van der Waals surface area contributed by atoms with E-state index in [1.807, 2.05) is 42.5 Å². The molecule has 1 saturated carbocycles. The highest BCUT2D eigenvalue weighted by molar-refractivity contribution is 7.99. The lowest BCUT2D eigenvalue weighted by Crippen LogP contribution is -2.23. The molecule has 1 aliphatic rings. The van der Waals surface area contributed by atoms with Gasteiger partial charge in [0.05, 0.1) is 6.61 Å². The van der Waals surface area contributed by atoms with Crippen LogP contribution in [0.1, 0.15) is 32.6 Å². The lowest BCUT2D eigenvalue weighted by Gasteiger charge is -2.28. The molecule has 3 aromatic rings. The topological polar surface area (TPSA) is 64.4 Å². The van der Waals surface area contributed by atoms with Crippen LogP contribution in [0.4, 0.5) is 4.39 Å². The van der Waals surface area contributed by atoms with E-state index in [0.717, 1.165) is 59.8 Å². The zero-order valence-electron chi connectivity index (χ0n) is 19.5. The zero-order valence-corrected chi connectivity index (χ0v) is 20.3. The fourth-order valence-electron chi connectivity index (χ4n) is 4.70. The molecule has 180 valence electrons. The molecule has 0 aliphatic heterocycles. The van der Waals surface area contributed by atoms with Crippen molar-refractivity contribution in [2.45, 2.75) is 44.2 Å². The van der Waals surface area contributed by atoms with Crippen molar-refractivity contribution >= 4 is 17.7 Å². The predicted octanol–water partition coefficient (Wildman–Crippen LogP) is 6.38. The summed E-state index contributed by atoms with van der Waals surface area (Å²) in [4.78, 5) is 10.7. The van der Waals surface area contributed by atoms with Gasteiger partial charge in [0.15, 0.2) is 0 Å². The monoisotopic (exact) mass is 482 g/mol. The van der Waals surface area contributed by atoms with Gasteiger partial charge in [0.1, 0.15) is 23.1 Å². The average molecular weight is 483 g/mol. The van der Waals surface area contributed by atoms with Gasteiger partial charge in [0.2, 0.25) is 0 Å². The Labute approximate surface area is 204 Å². The van der Waals surface area contributed by atoms with Crippen molar-refractivity contribution < 1.29 is 19.0 Å². The third kappa shape index (κ3) is 5.88. The Balaban J connectivity index is 1.60. The maximum absolute atomic E-state index is 15.0. The summed E-state index contributed by atoms with van der Waals surface area (Å²) in [5.74, 6) is 0.595. The van der Waals surface area contributed by atoms with Gasteiger partial charge in [-0.15, -0.1) is 11.8 Å². The zero-order chi connectivity index (χ0) is 23.9. The summed E-state index contributed by atoms with van der Waals surface area (Å²) in [6.07, 6.45) is 4.14. The first-order chi connectivity index (χ1) is 16.6. The largest absolute Gasteiger partial charge is 0.480 e. The second-order valence-electron chi connectivity index (χ2n) is 8.79. The highest BCUT2D eigenvalue weighted by atomic mass is 32.2. The molecule has 34 heavy (non-hydrogen) atoms. The molecule has 1 heterocycles. The molecule has 0 atom stereocenters. The van der Waals surface area contributed by atoms with Gasteiger partial charge in [-0.25, -0.2) is 9.18 Å². The van der Waals surface area contributed by atoms with Crippen LogP contribution in [0, 0.1) is 17.7 Å². The standard InChI is InChI=1S/C27H31FN2O3S/c1-2-34-27-25(22-10-6-7-11-23(22)28)26(21-8-4-3-5-9-21)29-30(27)16-19-12-14-20(15-13-19)17-33-18-24(31)32/h3-11,19-20H,2,12-18H2,1H3,(H,31,32)/t19-,20+. The summed E-state index contributed by atoms with van der Waals surface area (Å²) in [5, 5.41) is 14.8. The molecule has 7 heteroatoms. The molecule has 0 radical (unpaired) electrons. The molecule has 1 fully saturated rings. The van der Waals surface area contributed by atoms with Gasteiger partial charge in [-0.1, -0.05) is 55.5 Å². The maximum Gasteiger partial charge on any atom is 0.329 e. The number of ether oxygens (including phenoxy) is 1. The average Bonchev–Trinajstić information content (AvgIpc) is 3.19. The number of rotatable bonds is 10. The minimum Gasteiger partial charge on any atom is -0.480 e. The maximum atomic E-state index is 15.0. The summed E-state index contributed by atoms with van der Waals surface area (Å²) in [6.45, 7) is 3.18. The van der Waals surface area contributed by atoms with Gasteiger partial charge in [-0.05, 0) is 49.3 Å². The Morgan fingerprint density at radius 1 is 1.09 bits per heavy atom. The van der Waals surface area contributed by atoms with Crippen LogP contribution in [0.5, 0.6) is 0 Å². The van der Waals surface area contributed by atoms with Gasteiger partial charge in [-0.2, -0.15) is 5.10 Å². The molecule has 0 bridgehead atoms. The highest BCUT2D eigenvalue weighted by Crippen LogP contribution is 2.41. The van der Waals surface area contributed by atoms with Crippen molar-refractivity contribution in [3.05, 3.63) is 60.4 Å². The fraction of sp³-hybridized carbons (Fsp3) is 0.407. The number of benzene rings is 2. The van der Waals surface area contributed by atoms with E-state index in [2.05, 4.69) is 11.6 Å². The molecule has 5 nitrogen and oxygen atoms in total. The summed E-state index contributed by atoms with van der Waals surface area (Å²) in [7, 11) is 0. The van der Waals surface area contributed by atoms with Gasteiger partial charge >= 0.3 is 5.97 Å². The lowest BCUT2D eigenvalue weighted by atomic mass is 9.82. The van der Waals surface area contributed by atoms with Crippen LogP contribution >= 0.6 is 11.8 Å². The number of hydrogen-bond acceptors (Lipinski definition) is 4. The summed E-state index contributed by atoms with van der Waals surface area (Å²) >= 11 is 1.71. The van der Waals surface area contributed by atoms with E-state index < -0.39 is 5.97 Å². The Hall–Kier alpha value is -2.64. The van der Waals surface area contributed by atoms with E-state index in [0.29, 0.717) is 24.0 Å². The number of thioether (sulfide) groups is 1. The molecule has 0 amide bonds. The first kappa shape index (κ1) is 24.5. The second kappa shape index (κ2) is 11.7. The molecular formula is C27H31FN2O3S. The normalized spacial score (nSPS) is 18.2. The van der Waals surface area contributed by atoms with Gasteiger partial charge in [0, 0.05) is 23.2 Å². The molecule has 0 saturated heterocycles. The second-order valence-corrected chi connectivity index (χ2v) is 10.0. The molecule has 0 unspecified atom stereocenters. The minimum atomic E-state index is -0.923. The van der Waals surface area contributed by atoms with Crippen LogP contribution in [-0.2, 0) is 16.1 Å². The summed E-state index contributed by atoms with van der Waals surface area (Å²) < 4.78 is 22.4. The number of aromatic nitrogens is 2. The van der Waals surface area contributed by atoms with E-state index >= 15 is 0 Å². The van der Waals surface area contributed by atoms with E-state index in [-0.39, 0.29) is 12.4 Å².